The van der Waals surface area contributed by atoms with Crippen molar-refractivity contribution in [2.24, 2.45) is 5.73 Å². The molecule has 0 aliphatic rings. The molecular weight excluding hydrogens is 240 g/mol. The minimum atomic E-state index is 0.178. The fraction of sp³-hybridized carbons (Fsp3) is 0.400. The van der Waals surface area contributed by atoms with Crippen molar-refractivity contribution in [3.05, 3.63) is 30.1 Å². The zero-order valence-corrected chi connectivity index (χ0v) is 11.6. The van der Waals surface area contributed by atoms with Gasteiger partial charge in [0.05, 0.1) is 14.2 Å². The van der Waals surface area contributed by atoms with Crippen LogP contribution in [0.4, 0.5) is 0 Å². The van der Waals surface area contributed by atoms with Crippen LogP contribution >= 0.6 is 0 Å². The summed E-state index contributed by atoms with van der Waals surface area (Å²) in [7, 11) is 3.28. The molecule has 1 heterocycles. The number of hydrogen-bond acceptors (Lipinski definition) is 4. The summed E-state index contributed by atoms with van der Waals surface area (Å²) in [5.41, 5.74) is 6.87. The van der Waals surface area contributed by atoms with E-state index in [4.69, 9.17) is 15.2 Å². The zero-order chi connectivity index (χ0) is 13.8. The van der Waals surface area contributed by atoms with Crippen LogP contribution in [0.1, 0.15) is 19.0 Å². The second-order valence-electron chi connectivity index (χ2n) is 4.70. The molecule has 1 atom stereocenters. The zero-order valence-electron chi connectivity index (χ0n) is 11.6. The lowest BCUT2D eigenvalue weighted by molar-refractivity contribution is 0.356. The van der Waals surface area contributed by atoms with E-state index in [1.807, 2.05) is 31.3 Å². The topological polar surface area (TPSA) is 57.4 Å². The Balaban J connectivity index is 2.48. The molecule has 4 nitrogen and oxygen atoms in total. The van der Waals surface area contributed by atoms with Crippen LogP contribution in [0.5, 0.6) is 11.5 Å². The van der Waals surface area contributed by atoms with Crippen molar-refractivity contribution in [2.75, 3.05) is 14.2 Å². The molecular formula is C15H20N2O2. The van der Waals surface area contributed by atoms with Crippen LogP contribution in [-0.4, -0.2) is 25.2 Å². The summed E-state index contributed by atoms with van der Waals surface area (Å²) in [5.74, 6) is 1.46. The summed E-state index contributed by atoms with van der Waals surface area (Å²) in [6, 6.07) is 6.12. The SMILES string of the molecule is COc1cc2ccnc(CCC(C)N)c2cc1OC. The molecule has 2 aromatic rings. The largest absolute Gasteiger partial charge is 0.493 e. The first-order valence-corrected chi connectivity index (χ1v) is 6.41. The van der Waals surface area contributed by atoms with E-state index in [-0.39, 0.29) is 6.04 Å². The van der Waals surface area contributed by atoms with Crippen molar-refractivity contribution < 1.29 is 9.47 Å². The van der Waals surface area contributed by atoms with Crippen LogP contribution in [0.3, 0.4) is 0 Å². The standard InChI is InChI=1S/C15H20N2O2/c1-10(16)4-5-13-12-9-15(19-3)14(18-2)8-11(12)6-7-17-13/h6-10H,4-5,16H2,1-3H3. The number of fused-ring (bicyclic) bond motifs is 1. The molecule has 2 rings (SSSR count). The van der Waals surface area contributed by atoms with Crippen molar-refractivity contribution in [3.63, 3.8) is 0 Å². The number of pyridine rings is 1. The molecule has 0 aliphatic carbocycles. The highest BCUT2D eigenvalue weighted by Crippen LogP contribution is 2.33. The molecule has 19 heavy (non-hydrogen) atoms. The number of aromatic nitrogens is 1. The van der Waals surface area contributed by atoms with Crippen molar-refractivity contribution in [1.82, 2.24) is 4.98 Å². The van der Waals surface area contributed by atoms with Gasteiger partial charge in [0.2, 0.25) is 0 Å². The maximum Gasteiger partial charge on any atom is 0.161 e. The third-order valence-corrected chi connectivity index (χ3v) is 3.19. The maximum atomic E-state index is 5.81. The average Bonchev–Trinajstić information content (AvgIpc) is 2.43. The molecule has 0 bridgehead atoms. The monoisotopic (exact) mass is 260 g/mol. The van der Waals surface area contributed by atoms with E-state index in [2.05, 4.69) is 4.98 Å². The molecule has 0 radical (unpaired) electrons. The van der Waals surface area contributed by atoms with Gasteiger partial charge in [-0.15, -0.1) is 0 Å². The van der Waals surface area contributed by atoms with Crippen molar-refractivity contribution in [3.8, 4) is 11.5 Å². The maximum absolute atomic E-state index is 5.81. The van der Waals surface area contributed by atoms with Gasteiger partial charge < -0.3 is 15.2 Å². The van der Waals surface area contributed by atoms with Crippen molar-refractivity contribution in [2.45, 2.75) is 25.8 Å². The lowest BCUT2D eigenvalue weighted by Crippen LogP contribution is -2.15. The highest BCUT2D eigenvalue weighted by molar-refractivity contribution is 5.87. The normalized spacial score (nSPS) is 12.4. The van der Waals surface area contributed by atoms with E-state index < -0.39 is 0 Å². The van der Waals surface area contributed by atoms with E-state index in [1.165, 1.54) is 0 Å². The predicted octanol–water partition coefficient (Wildman–Crippen LogP) is 2.53. The molecule has 0 amide bonds. The number of rotatable bonds is 5. The van der Waals surface area contributed by atoms with Gasteiger partial charge in [-0.2, -0.15) is 0 Å². The molecule has 1 aromatic heterocycles. The van der Waals surface area contributed by atoms with Gasteiger partial charge in [-0.25, -0.2) is 0 Å². The van der Waals surface area contributed by atoms with Crippen LogP contribution in [0.2, 0.25) is 0 Å². The predicted molar refractivity (Wildman–Crippen MR) is 76.8 cm³/mol. The van der Waals surface area contributed by atoms with Gasteiger partial charge in [-0.3, -0.25) is 4.98 Å². The van der Waals surface area contributed by atoms with E-state index >= 15 is 0 Å². The van der Waals surface area contributed by atoms with Gasteiger partial charge in [0, 0.05) is 23.3 Å². The second-order valence-corrected chi connectivity index (χ2v) is 4.70. The number of aryl methyl sites for hydroxylation is 1. The van der Waals surface area contributed by atoms with Gasteiger partial charge in [-0.1, -0.05) is 0 Å². The molecule has 1 unspecified atom stereocenters. The Hall–Kier alpha value is -1.81. The van der Waals surface area contributed by atoms with Gasteiger partial charge in [0.25, 0.3) is 0 Å². The number of nitrogens with zero attached hydrogens (tertiary/aromatic N) is 1. The average molecular weight is 260 g/mol. The number of benzene rings is 1. The molecule has 0 saturated heterocycles. The Kier molecular flexibility index (Phi) is 4.22. The van der Waals surface area contributed by atoms with Gasteiger partial charge in [0.1, 0.15) is 0 Å². The summed E-state index contributed by atoms with van der Waals surface area (Å²) < 4.78 is 10.7. The van der Waals surface area contributed by atoms with Crippen molar-refractivity contribution >= 4 is 10.8 Å². The lowest BCUT2D eigenvalue weighted by atomic mass is 10.0. The van der Waals surface area contributed by atoms with Crippen LogP contribution in [0.15, 0.2) is 24.4 Å². The third kappa shape index (κ3) is 2.96. The van der Waals surface area contributed by atoms with E-state index in [0.717, 1.165) is 40.8 Å². The molecule has 0 spiro atoms. The second kappa shape index (κ2) is 5.89. The first kappa shape index (κ1) is 13.6. The Morgan fingerprint density at radius 2 is 1.89 bits per heavy atom. The quantitative estimate of drug-likeness (QED) is 0.897. The minimum absolute atomic E-state index is 0.178. The highest BCUT2D eigenvalue weighted by atomic mass is 16.5. The van der Waals surface area contributed by atoms with Crippen LogP contribution in [-0.2, 0) is 6.42 Å². The molecule has 0 aliphatic heterocycles. The molecule has 0 saturated carbocycles. The van der Waals surface area contributed by atoms with E-state index in [0.29, 0.717) is 0 Å². The number of methoxy groups -OCH3 is 2. The lowest BCUT2D eigenvalue weighted by Gasteiger charge is -2.12. The fourth-order valence-corrected chi connectivity index (χ4v) is 2.12. The molecule has 1 aromatic carbocycles. The molecule has 2 N–H and O–H groups in total. The van der Waals surface area contributed by atoms with E-state index in [9.17, 15) is 0 Å². The minimum Gasteiger partial charge on any atom is -0.493 e. The summed E-state index contributed by atoms with van der Waals surface area (Å²) >= 11 is 0. The molecule has 102 valence electrons. The summed E-state index contributed by atoms with van der Waals surface area (Å²) in [4.78, 5) is 4.46. The molecule has 0 fully saturated rings. The number of nitrogens with two attached hydrogens (primary N) is 1. The smallest absolute Gasteiger partial charge is 0.161 e. The van der Waals surface area contributed by atoms with Crippen molar-refractivity contribution in [1.29, 1.82) is 0 Å². The van der Waals surface area contributed by atoms with E-state index in [1.54, 1.807) is 14.2 Å². The first-order chi connectivity index (χ1) is 9.15. The fourth-order valence-electron chi connectivity index (χ4n) is 2.12. The third-order valence-electron chi connectivity index (χ3n) is 3.19. The summed E-state index contributed by atoms with van der Waals surface area (Å²) in [6.45, 7) is 2.01. The van der Waals surface area contributed by atoms with Crippen LogP contribution in [0, 0.1) is 0 Å². The number of hydrogen-bond donors (Lipinski definition) is 1. The van der Waals surface area contributed by atoms with Gasteiger partial charge in [0.15, 0.2) is 11.5 Å². The van der Waals surface area contributed by atoms with Gasteiger partial charge >= 0.3 is 0 Å². The first-order valence-electron chi connectivity index (χ1n) is 6.41. The number of ether oxygens (including phenoxy) is 2. The Morgan fingerprint density at radius 3 is 2.53 bits per heavy atom. The summed E-state index contributed by atoms with van der Waals surface area (Å²) in [5, 5.41) is 2.20. The Morgan fingerprint density at radius 1 is 1.21 bits per heavy atom. The Labute approximate surface area is 113 Å². The Bertz CT molecular complexity index is 567. The van der Waals surface area contributed by atoms with Gasteiger partial charge in [-0.05, 0) is 43.4 Å². The van der Waals surface area contributed by atoms with Crippen LogP contribution < -0.4 is 15.2 Å². The summed E-state index contributed by atoms with van der Waals surface area (Å²) in [6.07, 6.45) is 3.61. The highest BCUT2D eigenvalue weighted by Gasteiger charge is 2.10. The van der Waals surface area contributed by atoms with Crippen LogP contribution in [0.25, 0.3) is 10.8 Å². The molecule has 4 heteroatoms.